The highest BCUT2D eigenvalue weighted by molar-refractivity contribution is 7.80. The van der Waals surface area contributed by atoms with Gasteiger partial charge in [0, 0.05) is 17.6 Å². The molecule has 0 bridgehead atoms. The second-order valence-corrected chi connectivity index (χ2v) is 6.67. The van der Waals surface area contributed by atoms with Crippen LogP contribution in [0.5, 0.6) is 11.5 Å². The molecule has 0 spiro atoms. The van der Waals surface area contributed by atoms with E-state index >= 15 is 0 Å². The Labute approximate surface area is 168 Å². The number of benzene rings is 2. The van der Waals surface area contributed by atoms with E-state index in [0.717, 1.165) is 11.1 Å². The lowest BCUT2D eigenvalue weighted by Crippen LogP contribution is -2.25. The molecule has 2 aromatic carbocycles. The Kier molecular flexibility index (Phi) is 5.98. The van der Waals surface area contributed by atoms with Crippen molar-refractivity contribution in [1.82, 2.24) is 10.2 Å². The molecular weight excluding hydrogens is 384 g/mol. The zero-order chi connectivity index (χ0) is 19.4. The lowest BCUT2D eigenvalue weighted by Gasteiger charge is -2.13. The van der Waals surface area contributed by atoms with Gasteiger partial charge in [-0.1, -0.05) is 35.9 Å². The Balaban J connectivity index is 1.81. The minimum Gasteiger partial charge on any atom is -0.490 e. The van der Waals surface area contributed by atoms with Crippen molar-refractivity contribution in [2.45, 2.75) is 13.5 Å². The molecule has 1 saturated heterocycles. The number of hydrogen-bond acceptors (Lipinski definition) is 4. The van der Waals surface area contributed by atoms with E-state index in [1.54, 1.807) is 13.1 Å². The summed E-state index contributed by atoms with van der Waals surface area (Å²) in [5, 5.41) is 3.94. The van der Waals surface area contributed by atoms with E-state index in [1.165, 1.54) is 4.90 Å². The summed E-state index contributed by atoms with van der Waals surface area (Å²) in [7, 11) is 1.63. The highest BCUT2D eigenvalue weighted by Gasteiger charge is 2.27. The molecule has 1 N–H and O–H groups in total. The zero-order valence-corrected chi connectivity index (χ0v) is 16.6. The molecule has 7 heteroatoms. The van der Waals surface area contributed by atoms with Gasteiger partial charge in [-0.3, -0.25) is 9.69 Å². The van der Waals surface area contributed by atoms with Gasteiger partial charge in [-0.05, 0) is 49.0 Å². The van der Waals surface area contributed by atoms with Crippen LogP contribution < -0.4 is 14.8 Å². The highest BCUT2D eigenvalue weighted by atomic mass is 35.5. The van der Waals surface area contributed by atoms with Gasteiger partial charge in [0.05, 0.1) is 6.61 Å². The van der Waals surface area contributed by atoms with Crippen LogP contribution in [0.25, 0.3) is 6.08 Å². The van der Waals surface area contributed by atoms with Gasteiger partial charge < -0.3 is 14.8 Å². The van der Waals surface area contributed by atoms with Crippen LogP contribution in [-0.4, -0.2) is 29.6 Å². The van der Waals surface area contributed by atoms with Crippen molar-refractivity contribution in [3.63, 3.8) is 0 Å². The predicted octanol–water partition coefficient (Wildman–Crippen LogP) is 4.01. The Morgan fingerprint density at radius 1 is 1.19 bits per heavy atom. The fourth-order valence-corrected chi connectivity index (χ4v) is 2.95. The van der Waals surface area contributed by atoms with E-state index < -0.39 is 0 Å². The van der Waals surface area contributed by atoms with Crippen LogP contribution in [0.2, 0.25) is 5.02 Å². The fraction of sp³-hybridized carbons (Fsp3) is 0.200. The maximum Gasteiger partial charge on any atom is 0.276 e. The van der Waals surface area contributed by atoms with Crippen molar-refractivity contribution in [2.75, 3.05) is 13.7 Å². The molecule has 1 fully saturated rings. The molecule has 0 aliphatic carbocycles. The van der Waals surface area contributed by atoms with Gasteiger partial charge in [-0.2, -0.15) is 0 Å². The quantitative estimate of drug-likeness (QED) is 0.584. The Bertz CT molecular complexity index is 914. The van der Waals surface area contributed by atoms with Crippen LogP contribution in [0.15, 0.2) is 48.2 Å². The first-order chi connectivity index (χ1) is 13.0. The molecule has 1 aliphatic rings. The molecule has 3 rings (SSSR count). The van der Waals surface area contributed by atoms with Crippen molar-refractivity contribution >= 4 is 40.9 Å². The summed E-state index contributed by atoms with van der Waals surface area (Å²) in [5.41, 5.74) is 2.12. The van der Waals surface area contributed by atoms with Crippen molar-refractivity contribution in [1.29, 1.82) is 0 Å². The first-order valence-corrected chi connectivity index (χ1v) is 9.22. The van der Waals surface area contributed by atoms with Gasteiger partial charge in [-0.15, -0.1) is 0 Å². The van der Waals surface area contributed by atoms with Crippen molar-refractivity contribution < 1.29 is 14.3 Å². The van der Waals surface area contributed by atoms with Gasteiger partial charge in [0.25, 0.3) is 5.91 Å². The second kappa shape index (κ2) is 8.41. The van der Waals surface area contributed by atoms with Crippen LogP contribution in [0, 0.1) is 0 Å². The largest absolute Gasteiger partial charge is 0.490 e. The molecule has 1 aliphatic heterocycles. The Morgan fingerprint density at radius 3 is 2.63 bits per heavy atom. The summed E-state index contributed by atoms with van der Waals surface area (Å²) < 4.78 is 11.6. The maximum absolute atomic E-state index is 12.1. The molecule has 140 valence electrons. The van der Waals surface area contributed by atoms with Gasteiger partial charge in [0.2, 0.25) is 0 Å². The summed E-state index contributed by atoms with van der Waals surface area (Å²) in [5.74, 6) is 1.04. The van der Waals surface area contributed by atoms with Gasteiger partial charge >= 0.3 is 0 Å². The number of likely N-dealkylation sites (N-methyl/N-ethyl adjacent to an activating group) is 1. The van der Waals surface area contributed by atoms with Gasteiger partial charge in [-0.25, -0.2) is 0 Å². The third-order valence-electron chi connectivity index (χ3n) is 4.00. The summed E-state index contributed by atoms with van der Waals surface area (Å²) in [6.07, 6.45) is 1.73. The van der Waals surface area contributed by atoms with Crippen LogP contribution in [0.3, 0.4) is 0 Å². The SMILES string of the molecule is CCOc1cc(/C=C2/NC(=S)N(C)C2=O)ccc1OCc1ccccc1Cl. The van der Waals surface area contributed by atoms with Crippen LogP contribution in [-0.2, 0) is 11.4 Å². The standard InChI is InChI=1S/C20H19ClN2O3S/c1-3-25-18-11-13(10-16-19(24)23(2)20(27)22-16)8-9-17(18)26-12-14-6-4-5-7-15(14)21/h4-11H,3,12H2,1-2H3,(H,22,27)/b16-10+. The summed E-state index contributed by atoms with van der Waals surface area (Å²) in [6.45, 7) is 2.73. The Morgan fingerprint density at radius 2 is 1.96 bits per heavy atom. The van der Waals surface area contributed by atoms with Crippen LogP contribution in [0.1, 0.15) is 18.1 Å². The monoisotopic (exact) mass is 402 g/mol. The van der Waals surface area contributed by atoms with E-state index in [2.05, 4.69) is 5.32 Å². The number of hydrogen-bond donors (Lipinski definition) is 1. The zero-order valence-electron chi connectivity index (χ0n) is 15.0. The van der Waals surface area contributed by atoms with Crippen molar-refractivity contribution in [2.24, 2.45) is 0 Å². The molecular formula is C20H19ClN2O3S. The van der Waals surface area contributed by atoms with Gasteiger partial charge in [0.15, 0.2) is 16.6 Å². The molecule has 27 heavy (non-hydrogen) atoms. The number of rotatable bonds is 6. The number of amides is 1. The summed E-state index contributed by atoms with van der Waals surface area (Å²) in [6, 6.07) is 13.0. The molecule has 0 unspecified atom stereocenters. The minimum atomic E-state index is -0.169. The van der Waals surface area contributed by atoms with Crippen LogP contribution >= 0.6 is 23.8 Å². The molecule has 2 aromatic rings. The molecule has 5 nitrogen and oxygen atoms in total. The number of nitrogens with one attached hydrogen (secondary N) is 1. The molecule has 1 heterocycles. The maximum atomic E-state index is 12.1. The normalized spacial score (nSPS) is 15.2. The number of halogens is 1. The molecule has 1 amide bonds. The highest BCUT2D eigenvalue weighted by Crippen LogP contribution is 2.31. The Hall–Kier alpha value is -2.57. The number of carbonyl (C=O) groups is 1. The van der Waals surface area contributed by atoms with E-state index in [-0.39, 0.29) is 5.91 Å². The lowest BCUT2D eigenvalue weighted by atomic mass is 10.1. The average Bonchev–Trinajstić information content (AvgIpc) is 2.89. The lowest BCUT2D eigenvalue weighted by molar-refractivity contribution is -0.121. The smallest absolute Gasteiger partial charge is 0.276 e. The topological polar surface area (TPSA) is 50.8 Å². The van der Waals surface area contributed by atoms with Gasteiger partial charge in [0.1, 0.15) is 12.3 Å². The minimum absolute atomic E-state index is 0.169. The fourth-order valence-electron chi connectivity index (χ4n) is 2.56. The first-order valence-electron chi connectivity index (χ1n) is 8.43. The van der Waals surface area contributed by atoms with E-state index in [9.17, 15) is 4.79 Å². The van der Waals surface area contributed by atoms with E-state index in [4.69, 9.17) is 33.3 Å². The average molecular weight is 403 g/mol. The van der Waals surface area contributed by atoms with Crippen LogP contribution in [0.4, 0.5) is 0 Å². The molecule has 0 saturated carbocycles. The predicted molar refractivity (Wildman–Crippen MR) is 110 cm³/mol. The van der Waals surface area contributed by atoms with E-state index in [0.29, 0.717) is 40.5 Å². The second-order valence-electron chi connectivity index (χ2n) is 5.87. The molecule has 0 atom stereocenters. The van der Waals surface area contributed by atoms with E-state index in [1.807, 2.05) is 49.4 Å². The number of nitrogens with zero attached hydrogens (tertiary/aromatic N) is 1. The number of ether oxygens (including phenoxy) is 2. The molecule has 0 radical (unpaired) electrons. The number of carbonyl (C=O) groups excluding carboxylic acids is 1. The third-order valence-corrected chi connectivity index (χ3v) is 4.75. The molecule has 0 aromatic heterocycles. The summed E-state index contributed by atoms with van der Waals surface area (Å²) >= 11 is 11.3. The third kappa shape index (κ3) is 4.40. The van der Waals surface area contributed by atoms with Crippen molar-refractivity contribution in [3.05, 3.63) is 64.3 Å². The van der Waals surface area contributed by atoms with Crippen molar-refractivity contribution in [3.8, 4) is 11.5 Å². The first kappa shape index (κ1) is 19.2. The number of thiocarbonyl (C=S) groups is 1. The summed E-state index contributed by atoms with van der Waals surface area (Å²) in [4.78, 5) is 13.5.